The summed E-state index contributed by atoms with van der Waals surface area (Å²) >= 11 is 0. The van der Waals surface area contributed by atoms with Gasteiger partial charge < -0.3 is 21.1 Å². The third-order valence-electron chi connectivity index (χ3n) is 5.04. The number of anilines is 2. The van der Waals surface area contributed by atoms with Gasteiger partial charge in [-0.2, -0.15) is 0 Å². The highest BCUT2D eigenvalue weighted by Crippen LogP contribution is 2.39. The Balaban J connectivity index is 1.62. The lowest BCUT2D eigenvalue weighted by Gasteiger charge is -2.13. The van der Waals surface area contributed by atoms with E-state index in [0.29, 0.717) is 41.8 Å². The van der Waals surface area contributed by atoms with Crippen molar-refractivity contribution in [2.75, 3.05) is 25.6 Å². The summed E-state index contributed by atoms with van der Waals surface area (Å²) in [5, 5.41) is 6.02. The number of nitrogens with one attached hydrogen (secondary N) is 2. The van der Waals surface area contributed by atoms with Crippen molar-refractivity contribution in [1.29, 1.82) is 0 Å². The number of amidine groups is 1. The molecule has 0 atom stereocenters. The van der Waals surface area contributed by atoms with Crippen molar-refractivity contribution >= 4 is 28.8 Å². The first kappa shape index (κ1) is 23.0. The predicted molar refractivity (Wildman–Crippen MR) is 130 cm³/mol. The van der Waals surface area contributed by atoms with Gasteiger partial charge in [0.05, 0.1) is 48.3 Å². The Bertz CT molecular complexity index is 1180. The number of ether oxygens (including phenoxy) is 1. The second-order valence-corrected chi connectivity index (χ2v) is 7.69. The van der Waals surface area contributed by atoms with E-state index in [2.05, 4.69) is 35.6 Å². The molecule has 0 aromatic carbocycles. The van der Waals surface area contributed by atoms with E-state index in [1.807, 2.05) is 18.2 Å². The fourth-order valence-electron chi connectivity index (χ4n) is 3.18. The van der Waals surface area contributed by atoms with Crippen molar-refractivity contribution < 1.29 is 9.53 Å². The fourth-order valence-corrected chi connectivity index (χ4v) is 3.18. The van der Waals surface area contributed by atoms with Crippen molar-refractivity contribution in [1.82, 2.24) is 25.3 Å². The van der Waals surface area contributed by atoms with Crippen molar-refractivity contribution in [2.45, 2.75) is 18.8 Å². The zero-order chi connectivity index (χ0) is 23.8. The topological polar surface area (TPSA) is 140 Å². The molecule has 0 saturated heterocycles. The quantitative estimate of drug-likeness (QED) is 0.253. The number of hydrogen-bond donors (Lipinski definition) is 3. The molecule has 0 spiro atoms. The molecule has 10 nitrogen and oxygen atoms in total. The van der Waals surface area contributed by atoms with Crippen LogP contribution >= 0.6 is 0 Å². The summed E-state index contributed by atoms with van der Waals surface area (Å²) in [7, 11) is 1.59. The first-order valence-corrected chi connectivity index (χ1v) is 10.9. The van der Waals surface area contributed by atoms with Crippen LogP contribution in [0.3, 0.4) is 0 Å². The zero-order valence-electron chi connectivity index (χ0n) is 18.8. The molecule has 4 N–H and O–H groups in total. The van der Waals surface area contributed by atoms with Crippen LogP contribution in [0.25, 0.3) is 5.70 Å². The number of carbonyl (C=O) groups excluding carboxylic acids is 1. The van der Waals surface area contributed by atoms with Gasteiger partial charge in [0.2, 0.25) is 0 Å². The number of aromatic nitrogens is 4. The maximum atomic E-state index is 13.4. The van der Waals surface area contributed by atoms with E-state index in [-0.39, 0.29) is 11.5 Å². The SMILES string of the molecule is COCCN=C(C=C(N)c1ccccn1)NC(=O)c1nc(C2CC2)ccc1Nc1cncnc1. The van der Waals surface area contributed by atoms with Gasteiger partial charge in [0, 0.05) is 31.0 Å². The summed E-state index contributed by atoms with van der Waals surface area (Å²) in [6.45, 7) is 0.743. The van der Waals surface area contributed by atoms with Crippen molar-refractivity contribution in [3.63, 3.8) is 0 Å². The van der Waals surface area contributed by atoms with Crippen LogP contribution in [0.1, 0.15) is 40.6 Å². The third kappa shape index (κ3) is 6.20. The Morgan fingerprint density at radius 3 is 2.76 bits per heavy atom. The second kappa shape index (κ2) is 11.1. The molecule has 0 radical (unpaired) electrons. The average molecular weight is 459 g/mol. The number of pyridine rings is 2. The van der Waals surface area contributed by atoms with E-state index in [1.165, 1.54) is 6.33 Å². The van der Waals surface area contributed by atoms with Gasteiger partial charge >= 0.3 is 0 Å². The lowest BCUT2D eigenvalue weighted by Crippen LogP contribution is -2.31. The lowest BCUT2D eigenvalue weighted by atomic mass is 10.2. The Kier molecular flexibility index (Phi) is 7.51. The Hall–Kier alpha value is -4.18. The highest BCUT2D eigenvalue weighted by Gasteiger charge is 2.27. The maximum absolute atomic E-state index is 13.4. The number of nitrogens with zero attached hydrogens (tertiary/aromatic N) is 5. The molecule has 1 aliphatic rings. The van der Waals surface area contributed by atoms with E-state index in [1.54, 1.807) is 43.9 Å². The van der Waals surface area contributed by atoms with Crippen molar-refractivity contribution in [3.05, 3.63) is 78.4 Å². The van der Waals surface area contributed by atoms with Crippen molar-refractivity contribution in [3.8, 4) is 0 Å². The molecule has 174 valence electrons. The van der Waals surface area contributed by atoms with Gasteiger partial charge in [-0.05, 0) is 37.1 Å². The average Bonchev–Trinajstić information content (AvgIpc) is 3.71. The molecule has 10 heteroatoms. The molecule has 1 saturated carbocycles. The minimum Gasteiger partial charge on any atom is -0.397 e. The molecule has 0 bridgehead atoms. The van der Waals surface area contributed by atoms with E-state index >= 15 is 0 Å². The summed E-state index contributed by atoms with van der Waals surface area (Å²) < 4.78 is 5.09. The number of amides is 1. The standard InChI is InChI=1S/C24H26N8O2/c1-34-11-10-29-22(12-18(25)20-4-2-3-9-28-20)32-24(33)23-21(30-17-13-26-15-27-14-17)8-7-19(31-23)16-5-6-16/h2-4,7-9,12-16,30H,5-6,10-11,25H2,1H3,(H,29,32,33). The summed E-state index contributed by atoms with van der Waals surface area (Å²) in [5.74, 6) is 0.260. The van der Waals surface area contributed by atoms with Gasteiger partial charge in [-0.25, -0.2) is 15.0 Å². The van der Waals surface area contributed by atoms with Crippen LogP contribution < -0.4 is 16.4 Å². The number of aliphatic imine (C=N–C) groups is 1. The number of hydrogen-bond acceptors (Lipinski definition) is 9. The first-order chi connectivity index (χ1) is 16.6. The van der Waals surface area contributed by atoms with Crippen LogP contribution in [0.4, 0.5) is 11.4 Å². The minimum absolute atomic E-state index is 0.248. The molecule has 3 heterocycles. The predicted octanol–water partition coefficient (Wildman–Crippen LogP) is 2.66. The van der Waals surface area contributed by atoms with Crippen LogP contribution in [-0.2, 0) is 4.74 Å². The number of nitrogens with two attached hydrogens (primary N) is 1. The minimum atomic E-state index is -0.414. The van der Waals surface area contributed by atoms with Crippen LogP contribution in [0.2, 0.25) is 0 Å². The van der Waals surface area contributed by atoms with E-state index < -0.39 is 5.91 Å². The van der Waals surface area contributed by atoms with E-state index in [0.717, 1.165) is 18.5 Å². The van der Waals surface area contributed by atoms with Crippen LogP contribution in [0.15, 0.2) is 66.3 Å². The third-order valence-corrected chi connectivity index (χ3v) is 5.04. The number of rotatable bonds is 9. The van der Waals surface area contributed by atoms with Gasteiger partial charge in [-0.1, -0.05) is 6.07 Å². The lowest BCUT2D eigenvalue weighted by molar-refractivity contribution is 0.0973. The van der Waals surface area contributed by atoms with Gasteiger partial charge in [-0.3, -0.25) is 14.8 Å². The van der Waals surface area contributed by atoms with E-state index in [9.17, 15) is 4.79 Å². The summed E-state index contributed by atoms with van der Waals surface area (Å²) in [6, 6.07) is 9.21. The van der Waals surface area contributed by atoms with Crippen LogP contribution in [-0.4, -0.2) is 51.9 Å². The summed E-state index contributed by atoms with van der Waals surface area (Å²) in [6.07, 6.45) is 10.1. The molecule has 3 aromatic rings. The maximum Gasteiger partial charge on any atom is 0.277 e. The molecule has 3 aromatic heterocycles. The molecular formula is C24H26N8O2. The Labute approximate surface area is 197 Å². The zero-order valence-corrected chi connectivity index (χ0v) is 18.8. The van der Waals surface area contributed by atoms with Crippen molar-refractivity contribution in [2.24, 2.45) is 10.7 Å². The first-order valence-electron chi connectivity index (χ1n) is 10.9. The molecule has 1 aliphatic carbocycles. The largest absolute Gasteiger partial charge is 0.397 e. The Morgan fingerprint density at radius 2 is 2.06 bits per heavy atom. The van der Waals surface area contributed by atoms with Gasteiger partial charge in [0.15, 0.2) is 5.69 Å². The van der Waals surface area contributed by atoms with Gasteiger partial charge in [0.25, 0.3) is 5.91 Å². The van der Waals surface area contributed by atoms with Gasteiger partial charge in [-0.15, -0.1) is 0 Å². The molecule has 1 amide bonds. The van der Waals surface area contributed by atoms with Gasteiger partial charge in [0.1, 0.15) is 12.2 Å². The van der Waals surface area contributed by atoms with Crippen LogP contribution in [0.5, 0.6) is 0 Å². The monoisotopic (exact) mass is 458 g/mol. The van der Waals surface area contributed by atoms with Crippen LogP contribution in [0, 0.1) is 0 Å². The summed E-state index contributed by atoms with van der Waals surface area (Å²) in [4.78, 5) is 34.7. The Morgan fingerprint density at radius 1 is 1.24 bits per heavy atom. The molecular weight excluding hydrogens is 432 g/mol. The van der Waals surface area contributed by atoms with E-state index in [4.69, 9.17) is 10.5 Å². The second-order valence-electron chi connectivity index (χ2n) is 7.69. The molecule has 0 aliphatic heterocycles. The normalized spacial score (nSPS) is 14.0. The number of carbonyl (C=O) groups is 1. The molecule has 1 fully saturated rings. The number of methoxy groups -OCH3 is 1. The highest BCUT2D eigenvalue weighted by atomic mass is 16.5. The molecule has 0 unspecified atom stereocenters. The molecule has 4 rings (SSSR count). The highest BCUT2D eigenvalue weighted by molar-refractivity contribution is 6.13. The molecule has 34 heavy (non-hydrogen) atoms. The smallest absolute Gasteiger partial charge is 0.277 e. The fraction of sp³-hybridized carbons (Fsp3) is 0.250. The summed E-state index contributed by atoms with van der Waals surface area (Å²) in [5.41, 5.74) is 9.48.